The van der Waals surface area contributed by atoms with Crippen molar-refractivity contribution in [1.82, 2.24) is 14.8 Å². The van der Waals surface area contributed by atoms with E-state index < -0.39 is 24.6 Å². The van der Waals surface area contributed by atoms with Crippen LogP contribution in [0.5, 0.6) is 0 Å². The fraction of sp³-hybridized carbons (Fsp3) is 0.412. The molecule has 142 valence electrons. The van der Waals surface area contributed by atoms with Crippen LogP contribution in [0.15, 0.2) is 12.1 Å². The van der Waals surface area contributed by atoms with E-state index in [0.717, 1.165) is 15.3 Å². The molecule has 26 heavy (non-hydrogen) atoms. The van der Waals surface area contributed by atoms with Crippen LogP contribution in [0.25, 0.3) is 0 Å². The van der Waals surface area contributed by atoms with Gasteiger partial charge in [-0.3, -0.25) is 9.63 Å². The van der Waals surface area contributed by atoms with Gasteiger partial charge in [0.05, 0.1) is 18.8 Å². The van der Waals surface area contributed by atoms with Crippen LogP contribution in [0, 0.1) is 19.8 Å². The molecule has 1 aromatic heterocycles. The molecule has 0 spiro atoms. The van der Waals surface area contributed by atoms with Crippen LogP contribution < -0.4 is 0 Å². The van der Waals surface area contributed by atoms with E-state index in [1.165, 1.54) is 21.1 Å². The second-order valence-electron chi connectivity index (χ2n) is 5.91. The molecule has 1 aromatic carbocycles. The van der Waals surface area contributed by atoms with Gasteiger partial charge in [-0.2, -0.15) is 9.49 Å². The number of benzene rings is 1. The number of aromatic nitrogens is 2. The zero-order chi connectivity index (χ0) is 19.6. The highest BCUT2D eigenvalue weighted by molar-refractivity contribution is 6.36. The predicted octanol–water partition coefficient (Wildman–Crippen LogP) is 4.07. The first kappa shape index (κ1) is 20.6. The second kappa shape index (κ2) is 8.33. The number of alkyl halides is 1. The highest BCUT2D eigenvalue weighted by Gasteiger charge is 2.32. The zero-order valence-electron chi connectivity index (χ0n) is 14.8. The van der Waals surface area contributed by atoms with Gasteiger partial charge in [-0.1, -0.05) is 23.2 Å². The van der Waals surface area contributed by atoms with E-state index in [1.54, 1.807) is 12.1 Å². The van der Waals surface area contributed by atoms with Crippen LogP contribution in [-0.2, 0) is 18.3 Å². The summed E-state index contributed by atoms with van der Waals surface area (Å²) in [4.78, 5) is 17.8. The average molecular weight is 406 g/mol. The first-order chi connectivity index (χ1) is 12.2. The Balaban J connectivity index is 2.36. The topological polar surface area (TPSA) is 47.4 Å². The van der Waals surface area contributed by atoms with Crippen LogP contribution in [0.3, 0.4) is 0 Å². The number of hydrogen-bond acceptors (Lipinski definition) is 3. The molecule has 2 aromatic rings. The maximum atomic E-state index is 14.2. The Bertz CT molecular complexity index is 804. The van der Waals surface area contributed by atoms with Crippen molar-refractivity contribution < 1.29 is 18.4 Å². The predicted molar refractivity (Wildman–Crippen MR) is 95.7 cm³/mol. The lowest BCUT2D eigenvalue weighted by molar-refractivity contribution is -0.127. The van der Waals surface area contributed by atoms with Crippen molar-refractivity contribution in [2.75, 3.05) is 13.8 Å². The molecule has 5 nitrogen and oxygen atoms in total. The third-order valence-corrected chi connectivity index (χ3v) is 4.67. The van der Waals surface area contributed by atoms with Crippen LogP contribution in [0.1, 0.15) is 27.2 Å². The van der Waals surface area contributed by atoms with E-state index in [9.17, 15) is 13.6 Å². The van der Waals surface area contributed by atoms with Crippen molar-refractivity contribution in [3.63, 3.8) is 0 Å². The van der Waals surface area contributed by atoms with E-state index in [1.807, 2.05) is 6.92 Å². The molecule has 9 heteroatoms. The first-order valence-electron chi connectivity index (χ1n) is 7.78. The molecule has 0 saturated heterocycles. The third-order valence-electron chi connectivity index (χ3n) is 4.00. The molecule has 0 bridgehead atoms. The van der Waals surface area contributed by atoms with Crippen LogP contribution in [0.2, 0.25) is 10.0 Å². The summed E-state index contributed by atoms with van der Waals surface area (Å²) in [5.41, 5.74) is 1.25. The summed E-state index contributed by atoms with van der Waals surface area (Å²) in [6.45, 7) is 2.39. The van der Waals surface area contributed by atoms with Crippen molar-refractivity contribution >= 4 is 29.1 Å². The fourth-order valence-corrected chi connectivity index (χ4v) is 3.49. The Kier molecular flexibility index (Phi) is 6.60. The minimum absolute atomic E-state index is 0.00888. The molecule has 1 unspecified atom stereocenters. The monoisotopic (exact) mass is 405 g/mol. The Morgan fingerprint density at radius 2 is 1.92 bits per heavy atom. The number of halogens is 4. The van der Waals surface area contributed by atoms with Crippen LogP contribution in [0.4, 0.5) is 8.78 Å². The molecule has 1 atom stereocenters. The lowest BCUT2D eigenvalue weighted by atomic mass is 10.0. The highest BCUT2D eigenvalue weighted by atomic mass is 35.5. The molecule has 0 aliphatic heterocycles. The van der Waals surface area contributed by atoms with Crippen molar-refractivity contribution in [2.45, 2.75) is 26.3 Å². The summed E-state index contributed by atoms with van der Waals surface area (Å²) in [6.07, 6.45) is 0.00888. The first-order valence-corrected chi connectivity index (χ1v) is 8.54. The molecule has 0 fully saturated rings. The van der Waals surface area contributed by atoms with Gasteiger partial charge in [0.15, 0.2) is 0 Å². The van der Waals surface area contributed by atoms with Crippen molar-refractivity contribution in [2.24, 2.45) is 7.05 Å². The summed E-state index contributed by atoms with van der Waals surface area (Å²) in [5, 5.41) is 5.37. The van der Waals surface area contributed by atoms with E-state index in [2.05, 4.69) is 5.10 Å². The Hall–Kier alpha value is -1.70. The molecule has 0 radical (unpaired) electrons. The van der Waals surface area contributed by atoms with Gasteiger partial charge in [-0.15, -0.1) is 0 Å². The lowest BCUT2D eigenvalue weighted by Crippen LogP contribution is -2.42. The molecule has 0 aliphatic carbocycles. The quantitative estimate of drug-likeness (QED) is 0.680. The molecule has 1 heterocycles. The number of hydrogen-bond donors (Lipinski definition) is 0. The molecule has 1 amide bonds. The van der Waals surface area contributed by atoms with Gasteiger partial charge in [0.2, 0.25) is 5.95 Å². The molecular weight excluding hydrogens is 387 g/mol. The number of rotatable bonds is 6. The summed E-state index contributed by atoms with van der Waals surface area (Å²) in [7, 11) is 2.58. The number of amides is 1. The van der Waals surface area contributed by atoms with E-state index in [-0.39, 0.29) is 17.7 Å². The Morgan fingerprint density at radius 1 is 1.35 bits per heavy atom. The van der Waals surface area contributed by atoms with Gasteiger partial charge in [0, 0.05) is 23.5 Å². The number of carbonyl (C=O) groups is 1. The summed E-state index contributed by atoms with van der Waals surface area (Å²) >= 11 is 12.4. The normalized spacial score (nSPS) is 12.3. The van der Waals surface area contributed by atoms with Gasteiger partial charge in [-0.25, -0.2) is 14.1 Å². The van der Waals surface area contributed by atoms with Crippen molar-refractivity contribution in [1.29, 1.82) is 0 Å². The standard InChI is InChI=1S/C17H19Cl2F2N3O2/c1-9-5-13(18)12(14(19)6-9)7-11(8-20)24(26-4)17(25)15-10(2)22-23(3)16(15)21/h5-6,11H,7-8H2,1-4H3. The van der Waals surface area contributed by atoms with Gasteiger partial charge in [-0.05, 0) is 37.1 Å². The number of nitrogens with zero attached hydrogens (tertiary/aromatic N) is 3. The smallest absolute Gasteiger partial charge is 0.274 e. The van der Waals surface area contributed by atoms with E-state index in [0.29, 0.717) is 15.6 Å². The van der Waals surface area contributed by atoms with Gasteiger partial charge < -0.3 is 0 Å². The maximum absolute atomic E-state index is 14.2. The van der Waals surface area contributed by atoms with E-state index in [4.69, 9.17) is 28.0 Å². The van der Waals surface area contributed by atoms with Crippen LogP contribution in [-0.4, -0.2) is 40.6 Å². The molecule has 2 rings (SSSR count). The largest absolute Gasteiger partial charge is 0.284 e. The number of aryl methyl sites for hydroxylation is 3. The van der Waals surface area contributed by atoms with Crippen LogP contribution >= 0.6 is 23.2 Å². The summed E-state index contributed by atoms with van der Waals surface area (Å²) < 4.78 is 28.9. The van der Waals surface area contributed by atoms with Crippen molar-refractivity contribution in [3.8, 4) is 0 Å². The van der Waals surface area contributed by atoms with Gasteiger partial charge >= 0.3 is 0 Å². The average Bonchev–Trinajstić information content (AvgIpc) is 2.81. The van der Waals surface area contributed by atoms with Gasteiger partial charge in [0.25, 0.3) is 5.91 Å². The van der Waals surface area contributed by atoms with Crippen molar-refractivity contribution in [3.05, 3.63) is 50.5 Å². The highest BCUT2D eigenvalue weighted by Crippen LogP contribution is 2.29. The SMILES string of the molecule is CON(C(=O)c1c(C)nn(C)c1F)C(CF)Cc1c(Cl)cc(C)cc1Cl. The minimum atomic E-state index is -1.04. The third kappa shape index (κ3) is 4.00. The molecule has 0 aliphatic rings. The minimum Gasteiger partial charge on any atom is -0.274 e. The molecule has 0 saturated carbocycles. The lowest BCUT2D eigenvalue weighted by Gasteiger charge is -2.28. The number of hydroxylamine groups is 2. The zero-order valence-corrected chi connectivity index (χ0v) is 16.3. The Labute approximate surface area is 160 Å². The number of carbonyl (C=O) groups excluding carboxylic acids is 1. The second-order valence-corrected chi connectivity index (χ2v) is 6.72. The fourth-order valence-electron chi connectivity index (χ4n) is 2.74. The van der Waals surface area contributed by atoms with Gasteiger partial charge in [0.1, 0.15) is 12.2 Å². The maximum Gasteiger partial charge on any atom is 0.284 e. The molecule has 0 N–H and O–H groups in total. The van der Waals surface area contributed by atoms with E-state index >= 15 is 0 Å². The molecular formula is C17H19Cl2F2N3O2. The summed E-state index contributed by atoms with van der Waals surface area (Å²) in [5.74, 6) is -1.64. The summed E-state index contributed by atoms with van der Waals surface area (Å²) in [6, 6.07) is 2.36. The Morgan fingerprint density at radius 3 is 2.35 bits per heavy atom.